The average molecular weight is 276 g/mol. The summed E-state index contributed by atoms with van der Waals surface area (Å²) in [7, 11) is 0. The van der Waals surface area contributed by atoms with Gasteiger partial charge in [-0.2, -0.15) is 4.98 Å². The van der Waals surface area contributed by atoms with E-state index in [0.29, 0.717) is 29.4 Å². The van der Waals surface area contributed by atoms with Gasteiger partial charge in [-0.3, -0.25) is 4.90 Å². The lowest BCUT2D eigenvalue weighted by Crippen LogP contribution is -2.43. The molecule has 0 unspecified atom stereocenters. The van der Waals surface area contributed by atoms with Crippen molar-refractivity contribution in [3.05, 3.63) is 35.4 Å². The van der Waals surface area contributed by atoms with Gasteiger partial charge in [-0.25, -0.2) is 4.39 Å². The van der Waals surface area contributed by atoms with E-state index in [9.17, 15) is 4.39 Å². The largest absolute Gasteiger partial charge is 0.334 e. The fourth-order valence-electron chi connectivity index (χ4n) is 2.23. The molecule has 0 saturated carbocycles. The summed E-state index contributed by atoms with van der Waals surface area (Å²) < 4.78 is 18.8. The fraction of sp³-hybridized carbons (Fsp3) is 0.429. The van der Waals surface area contributed by atoms with Crippen LogP contribution in [-0.2, 0) is 6.54 Å². The zero-order valence-corrected chi connectivity index (χ0v) is 11.4. The van der Waals surface area contributed by atoms with E-state index in [1.807, 2.05) is 0 Å². The third kappa shape index (κ3) is 2.86. The highest BCUT2D eigenvalue weighted by atomic mass is 19.1. The van der Waals surface area contributed by atoms with Crippen molar-refractivity contribution >= 4 is 0 Å². The van der Waals surface area contributed by atoms with Crippen LogP contribution in [0.1, 0.15) is 11.4 Å². The summed E-state index contributed by atoms with van der Waals surface area (Å²) in [5.74, 6) is 0.751. The highest BCUT2D eigenvalue weighted by Crippen LogP contribution is 2.20. The van der Waals surface area contributed by atoms with E-state index in [1.165, 1.54) is 6.07 Å². The average Bonchev–Trinajstić information content (AvgIpc) is 2.91. The molecule has 1 aromatic heterocycles. The van der Waals surface area contributed by atoms with E-state index in [1.54, 1.807) is 19.1 Å². The number of rotatable bonds is 3. The molecule has 1 aliphatic rings. The minimum absolute atomic E-state index is 0.260. The Kier molecular flexibility index (Phi) is 3.75. The Labute approximate surface area is 116 Å². The lowest BCUT2D eigenvalue weighted by molar-refractivity contribution is 0.225. The molecule has 0 atom stereocenters. The van der Waals surface area contributed by atoms with Crippen LogP contribution in [0.25, 0.3) is 11.5 Å². The molecule has 0 spiro atoms. The molecule has 2 aromatic rings. The van der Waals surface area contributed by atoms with Crippen LogP contribution in [0.4, 0.5) is 4.39 Å². The van der Waals surface area contributed by atoms with Crippen LogP contribution in [-0.4, -0.2) is 41.2 Å². The fourth-order valence-corrected chi connectivity index (χ4v) is 2.23. The molecule has 0 bridgehead atoms. The molecule has 6 heteroatoms. The first kappa shape index (κ1) is 13.2. The summed E-state index contributed by atoms with van der Waals surface area (Å²) >= 11 is 0. The highest BCUT2D eigenvalue weighted by Gasteiger charge is 2.15. The van der Waals surface area contributed by atoms with Crippen LogP contribution in [0.5, 0.6) is 0 Å². The lowest BCUT2D eigenvalue weighted by atomic mass is 10.1. The van der Waals surface area contributed by atoms with Crippen molar-refractivity contribution in [3.8, 4) is 11.5 Å². The monoisotopic (exact) mass is 276 g/mol. The van der Waals surface area contributed by atoms with Gasteiger partial charge in [0, 0.05) is 31.7 Å². The molecule has 1 fully saturated rings. The van der Waals surface area contributed by atoms with Crippen molar-refractivity contribution in [2.24, 2.45) is 0 Å². The van der Waals surface area contributed by atoms with Gasteiger partial charge in [0.05, 0.1) is 6.54 Å². The van der Waals surface area contributed by atoms with Gasteiger partial charge < -0.3 is 9.84 Å². The first-order valence-corrected chi connectivity index (χ1v) is 6.74. The summed E-state index contributed by atoms with van der Waals surface area (Å²) in [6, 6.07) is 4.93. The molecule has 0 radical (unpaired) electrons. The Bertz CT molecular complexity index is 593. The third-order valence-corrected chi connectivity index (χ3v) is 3.46. The first-order valence-electron chi connectivity index (χ1n) is 6.74. The molecule has 106 valence electrons. The number of hydrogen-bond acceptors (Lipinski definition) is 5. The van der Waals surface area contributed by atoms with Gasteiger partial charge in [0.2, 0.25) is 0 Å². The number of aromatic nitrogens is 2. The summed E-state index contributed by atoms with van der Waals surface area (Å²) in [6.07, 6.45) is 0. The molecule has 2 heterocycles. The van der Waals surface area contributed by atoms with Gasteiger partial charge in [-0.1, -0.05) is 11.2 Å². The van der Waals surface area contributed by atoms with Crippen molar-refractivity contribution < 1.29 is 8.91 Å². The predicted molar refractivity (Wildman–Crippen MR) is 72.6 cm³/mol. The molecule has 0 aliphatic carbocycles. The van der Waals surface area contributed by atoms with E-state index in [-0.39, 0.29) is 5.82 Å². The second kappa shape index (κ2) is 5.68. The molecule has 1 aliphatic heterocycles. The van der Waals surface area contributed by atoms with Crippen molar-refractivity contribution in [2.75, 3.05) is 26.2 Å². The van der Waals surface area contributed by atoms with Gasteiger partial charge in [-0.05, 0) is 24.6 Å². The maximum atomic E-state index is 13.5. The molecule has 20 heavy (non-hydrogen) atoms. The summed E-state index contributed by atoms with van der Waals surface area (Å²) in [4.78, 5) is 6.60. The van der Waals surface area contributed by atoms with E-state index in [2.05, 4.69) is 20.4 Å². The van der Waals surface area contributed by atoms with Crippen molar-refractivity contribution in [1.82, 2.24) is 20.4 Å². The van der Waals surface area contributed by atoms with Crippen molar-refractivity contribution in [3.63, 3.8) is 0 Å². The van der Waals surface area contributed by atoms with Crippen LogP contribution >= 0.6 is 0 Å². The SMILES string of the molecule is Cc1ccc(-c2nc(CN3CCNCC3)no2)cc1F. The van der Waals surface area contributed by atoms with Crippen LogP contribution in [0, 0.1) is 12.7 Å². The molecule has 1 N–H and O–H groups in total. The Morgan fingerprint density at radius 1 is 1.35 bits per heavy atom. The van der Waals surface area contributed by atoms with Crippen LogP contribution in [0.2, 0.25) is 0 Å². The topological polar surface area (TPSA) is 54.2 Å². The number of benzene rings is 1. The van der Waals surface area contributed by atoms with Gasteiger partial charge in [0.1, 0.15) is 5.82 Å². The van der Waals surface area contributed by atoms with Gasteiger partial charge in [-0.15, -0.1) is 0 Å². The summed E-state index contributed by atoms with van der Waals surface area (Å²) in [5.41, 5.74) is 1.22. The molecule has 0 amide bonds. The van der Waals surface area contributed by atoms with E-state index in [0.717, 1.165) is 26.2 Å². The molecule has 5 nitrogen and oxygen atoms in total. The lowest BCUT2D eigenvalue weighted by Gasteiger charge is -2.25. The molecule has 3 rings (SSSR count). The summed E-state index contributed by atoms with van der Waals surface area (Å²) in [5, 5.41) is 7.26. The zero-order valence-electron chi connectivity index (χ0n) is 11.4. The normalized spacial score (nSPS) is 16.5. The molecular weight excluding hydrogens is 259 g/mol. The molecule has 1 aromatic carbocycles. The van der Waals surface area contributed by atoms with Crippen LogP contribution in [0.15, 0.2) is 22.7 Å². The second-order valence-electron chi connectivity index (χ2n) is 5.01. The van der Waals surface area contributed by atoms with Crippen LogP contribution in [0.3, 0.4) is 0 Å². The minimum Gasteiger partial charge on any atom is -0.334 e. The Morgan fingerprint density at radius 3 is 2.90 bits per heavy atom. The minimum atomic E-state index is -0.260. The van der Waals surface area contributed by atoms with Gasteiger partial charge >= 0.3 is 0 Å². The maximum absolute atomic E-state index is 13.5. The number of hydrogen-bond donors (Lipinski definition) is 1. The number of piperazine rings is 1. The summed E-state index contributed by atoms with van der Waals surface area (Å²) in [6.45, 7) is 6.30. The van der Waals surface area contributed by atoms with Crippen LogP contribution < -0.4 is 5.32 Å². The van der Waals surface area contributed by atoms with Crippen molar-refractivity contribution in [2.45, 2.75) is 13.5 Å². The Balaban J connectivity index is 1.73. The van der Waals surface area contributed by atoms with Crippen molar-refractivity contribution in [1.29, 1.82) is 0 Å². The first-order chi connectivity index (χ1) is 9.72. The molecular formula is C14H17FN4O. The Morgan fingerprint density at radius 2 is 2.15 bits per heavy atom. The predicted octanol–water partition coefficient (Wildman–Crippen LogP) is 1.59. The Hall–Kier alpha value is -1.79. The van der Waals surface area contributed by atoms with E-state index >= 15 is 0 Å². The van der Waals surface area contributed by atoms with E-state index in [4.69, 9.17) is 4.52 Å². The van der Waals surface area contributed by atoms with Gasteiger partial charge in [0.25, 0.3) is 5.89 Å². The molecule has 1 saturated heterocycles. The van der Waals surface area contributed by atoms with E-state index < -0.39 is 0 Å². The number of halogens is 1. The highest BCUT2D eigenvalue weighted by molar-refractivity contribution is 5.53. The maximum Gasteiger partial charge on any atom is 0.258 e. The quantitative estimate of drug-likeness (QED) is 0.922. The third-order valence-electron chi connectivity index (χ3n) is 3.46. The number of aryl methyl sites for hydroxylation is 1. The number of nitrogens with zero attached hydrogens (tertiary/aromatic N) is 3. The number of nitrogens with one attached hydrogen (secondary N) is 1. The standard InChI is InChI=1S/C14H17FN4O/c1-10-2-3-11(8-12(10)15)14-17-13(18-20-14)9-19-6-4-16-5-7-19/h2-3,8,16H,4-7,9H2,1H3. The smallest absolute Gasteiger partial charge is 0.258 e. The van der Waals surface area contributed by atoms with Gasteiger partial charge in [0.15, 0.2) is 5.82 Å². The zero-order chi connectivity index (χ0) is 13.9. The second-order valence-corrected chi connectivity index (χ2v) is 5.01.